The van der Waals surface area contributed by atoms with Crippen LogP contribution in [0.15, 0.2) is 0 Å². The summed E-state index contributed by atoms with van der Waals surface area (Å²) < 4.78 is 0. The molecule has 0 amide bonds. The molecule has 3 unspecified atom stereocenters. The van der Waals surface area contributed by atoms with Crippen LogP contribution in [0.1, 0.15) is 51.9 Å². The van der Waals surface area contributed by atoms with Crippen molar-refractivity contribution < 1.29 is 0 Å². The summed E-state index contributed by atoms with van der Waals surface area (Å²) in [5.41, 5.74) is 0. The molecule has 3 aliphatic heterocycles. The standard InChI is InChI=1S/C17H33N3/c1-3-8-18-15-10-16-6-7-17(11-15)20(16)13-14-5-4-9-19(2)12-14/h14-18H,3-13H2,1-2H3. The maximum Gasteiger partial charge on any atom is 0.0114 e. The summed E-state index contributed by atoms with van der Waals surface area (Å²) in [6.07, 6.45) is 9.85. The molecule has 0 aromatic rings. The third-order valence-corrected chi connectivity index (χ3v) is 5.76. The second kappa shape index (κ2) is 6.76. The van der Waals surface area contributed by atoms with E-state index in [0.717, 1.165) is 24.0 Å². The molecule has 3 heteroatoms. The highest BCUT2D eigenvalue weighted by Gasteiger charge is 2.41. The molecule has 0 aromatic heterocycles. The maximum absolute atomic E-state index is 3.77. The molecule has 3 nitrogen and oxygen atoms in total. The zero-order valence-corrected chi connectivity index (χ0v) is 13.5. The molecule has 0 aromatic carbocycles. The van der Waals surface area contributed by atoms with Crippen molar-refractivity contribution in [3.8, 4) is 0 Å². The molecule has 0 radical (unpaired) electrons. The maximum atomic E-state index is 3.77. The van der Waals surface area contributed by atoms with Gasteiger partial charge in [-0.1, -0.05) is 6.92 Å². The van der Waals surface area contributed by atoms with E-state index in [9.17, 15) is 0 Å². The average Bonchev–Trinajstić information content (AvgIpc) is 2.68. The largest absolute Gasteiger partial charge is 0.314 e. The summed E-state index contributed by atoms with van der Waals surface area (Å²) >= 11 is 0. The average molecular weight is 279 g/mol. The van der Waals surface area contributed by atoms with Crippen LogP contribution in [0, 0.1) is 5.92 Å². The van der Waals surface area contributed by atoms with Crippen LogP contribution in [0.25, 0.3) is 0 Å². The van der Waals surface area contributed by atoms with Gasteiger partial charge in [-0.25, -0.2) is 0 Å². The first-order chi connectivity index (χ1) is 9.76. The fraction of sp³-hybridized carbons (Fsp3) is 1.00. The number of nitrogens with one attached hydrogen (secondary N) is 1. The van der Waals surface area contributed by atoms with Gasteiger partial charge in [-0.05, 0) is 71.0 Å². The van der Waals surface area contributed by atoms with Gasteiger partial charge in [0.15, 0.2) is 0 Å². The molecule has 0 saturated carbocycles. The molecule has 20 heavy (non-hydrogen) atoms. The Bertz CT molecular complexity index is 293. The Morgan fingerprint density at radius 2 is 1.85 bits per heavy atom. The first-order valence-corrected chi connectivity index (χ1v) is 8.94. The summed E-state index contributed by atoms with van der Waals surface area (Å²) in [6.45, 7) is 7.49. The first kappa shape index (κ1) is 14.8. The Kier molecular flexibility index (Phi) is 5.00. The van der Waals surface area contributed by atoms with E-state index in [0.29, 0.717) is 0 Å². The van der Waals surface area contributed by atoms with Crippen molar-refractivity contribution >= 4 is 0 Å². The van der Waals surface area contributed by atoms with Gasteiger partial charge in [0.1, 0.15) is 0 Å². The quantitative estimate of drug-likeness (QED) is 0.833. The molecule has 2 bridgehead atoms. The van der Waals surface area contributed by atoms with Gasteiger partial charge < -0.3 is 10.2 Å². The number of likely N-dealkylation sites (tertiary alicyclic amines) is 1. The first-order valence-electron chi connectivity index (χ1n) is 8.94. The summed E-state index contributed by atoms with van der Waals surface area (Å²) in [7, 11) is 2.29. The lowest BCUT2D eigenvalue weighted by Crippen LogP contribution is -2.51. The number of rotatable bonds is 5. The Morgan fingerprint density at radius 1 is 1.10 bits per heavy atom. The highest BCUT2D eigenvalue weighted by molar-refractivity contribution is 4.98. The van der Waals surface area contributed by atoms with E-state index in [1.807, 2.05) is 0 Å². The van der Waals surface area contributed by atoms with Crippen LogP contribution < -0.4 is 5.32 Å². The minimum absolute atomic E-state index is 0.803. The van der Waals surface area contributed by atoms with Crippen molar-refractivity contribution in [1.82, 2.24) is 15.1 Å². The zero-order valence-electron chi connectivity index (χ0n) is 13.5. The molecular weight excluding hydrogens is 246 g/mol. The van der Waals surface area contributed by atoms with Gasteiger partial charge in [0, 0.05) is 31.2 Å². The number of hydrogen-bond donors (Lipinski definition) is 1. The van der Waals surface area contributed by atoms with Crippen molar-refractivity contribution in [3.63, 3.8) is 0 Å². The molecule has 3 fully saturated rings. The SMILES string of the molecule is CCCNC1CC2CCC(C1)N2CC1CCCN(C)C1. The molecular formula is C17H33N3. The van der Waals surface area contributed by atoms with E-state index in [2.05, 4.69) is 29.1 Å². The minimum Gasteiger partial charge on any atom is -0.314 e. The lowest BCUT2D eigenvalue weighted by atomic mass is 9.92. The Morgan fingerprint density at radius 3 is 2.50 bits per heavy atom. The van der Waals surface area contributed by atoms with Crippen LogP contribution in [0.4, 0.5) is 0 Å². The Balaban J connectivity index is 1.51. The zero-order chi connectivity index (χ0) is 13.9. The van der Waals surface area contributed by atoms with Crippen LogP contribution in [0.3, 0.4) is 0 Å². The lowest BCUT2D eigenvalue weighted by molar-refractivity contribution is 0.0760. The molecule has 0 aliphatic carbocycles. The van der Waals surface area contributed by atoms with Crippen LogP contribution in [0.5, 0.6) is 0 Å². The minimum atomic E-state index is 0.803. The van der Waals surface area contributed by atoms with Crippen LogP contribution in [0.2, 0.25) is 0 Å². The highest BCUT2D eigenvalue weighted by atomic mass is 15.2. The smallest absolute Gasteiger partial charge is 0.0114 e. The summed E-state index contributed by atoms with van der Waals surface area (Å²) in [4.78, 5) is 5.43. The predicted molar refractivity (Wildman–Crippen MR) is 85.1 cm³/mol. The van der Waals surface area contributed by atoms with E-state index < -0.39 is 0 Å². The van der Waals surface area contributed by atoms with Crippen LogP contribution in [-0.4, -0.2) is 61.2 Å². The lowest BCUT2D eigenvalue weighted by Gasteiger charge is -2.42. The normalized spacial score (nSPS) is 39.3. The molecule has 3 aliphatic rings. The molecule has 3 heterocycles. The molecule has 1 N–H and O–H groups in total. The van der Waals surface area contributed by atoms with Gasteiger partial charge in [-0.3, -0.25) is 4.90 Å². The number of nitrogens with zero attached hydrogens (tertiary/aromatic N) is 2. The third-order valence-electron chi connectivity index (χ3n) is 5.76. The molecule has 3 atom stereocenters. The second-order valence-electron chi connectivity index (χ2n) is 7.47. The monoisotopic (exact) mass is 279 g/mol. The van der Waals surface area contributed by atoms with E-state index >= 15 is 0 Å². The van der Waals surface area contributed by atoms with Crippen molar-refractivity contribution in [2.45, 2.75) is 70.0 Å². The van der Waals surface area contributed by atoms with Gasteiger partial charge in [-0.2, -0.15) is 0 Å². The van der Waals surface area contributed by atoms with Gasteiger partial charge >= 0.3 is 0 Å². The molecule has 3 saturated heterocycles. The van der Waals surface area contributed by atoms with Gasteiger partial charge in [0.2, 0.25) is 0 Å². The molecule has 3 rings (SSSR count). The summed E-state index contributed by atoms with van der Waals surface area (Å²) in [5.74, 6) is 0.928. The van der Waals surface area contributed by atoms with Gasteiger partial charge in [-0.15, -0.1) is 0 Å². The van der Waals surface area contributed by atoms with E-state index in [1.165, 1.54) is 71.1 Å². The van der Waals surface area contributed by atoms with Crippen molar-refractivity contribution in [1.29, 1.82) is 0 Å². The van der Waals surface area contributed by atoms with Crippen LogP contribution in [-0.2, 0) is 0 Å². The van der Waals surface area contributed by atoms with E-state index in [-0.39, 0.29) is 0 Å². The molecule has 116 valence electrons. The van der Waals surface area contributed by atoms with E-state index in [4.69, 9.17) is 0 Å². The number of piperidine rings is 2. The Labute approximate surface area is 125 Å². The molecule has 0 spiro atoms. The summed E-state index contributed by atoms with van der Waals surface area (Å²) in [6, 6.07) is 2.57. The van der Waals surface area contributed by atoms with Crippen molar-refractivity contribution in [3.05, 3.63) is 0 Å². The third kappa shape index (κ3) is 3.37. The van der Waals surface area contributed by atoms with Crippen LogP contribution >= 0.6 is 0 Å². The number of hydrogen-bond acceptors (Lipinski definition) is 3. The topological polar surface area (TPSA) is 18.5 Å². The van der Waals surface area contributed by atoms with Crippen molar-refractivity contribution in [2.75, 3.05) is 33.2 Å². The highest BCUT2D eigenvalue weighted by Crippen LogP contribution is 2.37. The van der Waals surface area contributed by atoms with Crippen molar-refractivity contribution in [2.24, 2.45) is 5.92 Å². The van der Waals surface area contributed by atoms with Gasteiger partial charge in [0.05, 0.1) is 0 Å². The van der Waals surface area contributed by atoms with E-state index in [1.54, 1.807) is 0 Å². The number of fused-ring (bicyclic) bond motifs is 2. The van der Waals surface area contributed by atoms with Gasteiger partial charge in [0.25, 0.3) is 0 Å². The predicted octanol–water partition coefficient (Wildman–Crippen LogP) is 2.32. The fourth-order valence-corrected chi connectivity index (χ4v) is 4.81. The Hall–Kier alpha value is -0.120. The fourth-order valence-electron chi connectivity index (χ4n) is 4.81. The second-order valence-corrected chi connectivity index (χ2v) is 7.47. The summed E-state index contributed by atoms with van der Waals surface area (Å²) in [5, 5.41) is 3.77.